The maximum absolute atomic E-state index is 13.6. The van der Waals surface area contributed by atoms with E-state index in [9.17, 15) is 4.79 Å². The molecule has 194 valence electrons. The Bertz CT molecular complexity index is 1150. The van der Waals surface area contributed by atoms with Gasteiger partial charge >= 0.3 is 0 Å². The number of hydrogen-bond donors (Lipinski definition) is 0. The maximum Gasteiger partial charge on any atom is 0.253 e. The van der Waals surface area contributed by atoms with Crippen LogP contribution in [0.3, 0.4) is 0 Å². The first kappa shape index (κ1) is 27.5. The number of nitrogens with zero attached hydrogens (tertiary/aromatic N) is 4. The average molecular weight is 491 g/mol. The zero-order valence-corrected chi connectivity index (χ0v) is 23.0. The standard InChI is InChI=1S/C30H42N4O2/c1-22(2)14-18-33(19-15-23(3)4)30(35)25-16-20-34-28(21-25)27(9-8-17-32(5)6)29(31-34)24-10-12-26(36-7)13-11-24/h8-13,16,20-23H,14-15,17-19H2,1-7H3/b9-8+. The Hall–Kier alpha value is -3.12. The Morgan fingerprint density at radius 1 is 1.03 bits per heavy atom. The van der Waals surface area contributed by atoms with Crippen LogP contribution >= 0.6 is 0 Å². The van der Waals surface area contributed by atoms with Crippen LogP contribution in [0.15, 0.2) is 48.7 Å². The summed E-state index contributed by atoms with van der Waals surface area (Å²) in [5.41, 5.74) is 4.53. The van der Waals surface area contributed by atoms with E-state index in [0.29, 0.717) is 17.4 Å². The SMILES string of the molecule is COc1ccc(-c2nn3ccc(C(=O)N(CCC(C)C)CCC(C)C)cc3c2/C=C/CN(C)C)cc1. The van der Waals surface area contributed by atoms with Crippen molar-refractivity contribution in [2.45, 2.75) is 40.5 Å². The zero-order chi connectivity index (χ0) is 26.2. The molecule has 0 N–H and O–H groups in total. The minimum atomic E-state index is 0.0919. The van der Waals surface area contributed by atoms with Crippen LogP contribution in [-0.4, -0.2) is 66.2 Å². The minimum absolute atomic E-state index is 0.0919. The molecule has 36 heavy (non-hydrogen) atoms. The molecule has 3 rings (SSSR count). The predicted octanol–water partition coefficient (Wildman–Crippen LogP) is 6.12. The first-order valence-electron chi connectivity index (χ1n) is 13.0. The highest BCUT2D eigenvalue weighted by atomic mass is 16.5. The quantitative estimate of drug-likeness (QED) is 0.307. The number of hydrogen-bond acceptors (Lipinski definition) is 4. The van der Waals surface area contributed by atoms with Crippen LogP contribution in [0.25, 0.3) is 22.9 Å². The van der Waals surface area contributed by atoms with E-state index in [2.05, 4.69) is 44.7 Å². The molecule has 0 radical (unpaired) electrons. The number of fused-ring (bicyclic) bond motifs is 1. The van der Waals surface area contributed by atoms with Gasteiger partial charge in [0.05, 0.1) is 12.6 Å². The summed E-state index contributed by atoms with van der Waals surface area (Å²) in [7, 11) is 5.76. The van der Waals surface area contributed by atoms with Gasteiger partial charge in [0.25, 0.3) is 5.91 Å². The van der Waals surface area contributed by atoms with Crippen LogP contribution < -0.4 is 4.74 Å². The Labute approximate surface area is 216 Å². The average Bonchev–Trinajstić information content (AvgIpc) is 3.21. The van der Waals surface area contributed by atoms with Crippen LogP contribution in [0.1, 0.15) is 56.5 Å². The second kappa shape index (κ2) is 12.7. The normalized spacial score (nSPS) is 11.9. The Kier molecular flexibility index (Phi) is 9.71. The summed E-state index contributed by atoms with van der Waals surface area (Å²) in [5.74, 6) is 2.01. The van der Waals surface area contributed by atoms with Crippen molar-refractivity contribution in [3.8, 4) is 17.0 Å². The summed E-state index contributed by atoms with van der Waals surface area (Å²) in [6.45, 7) is 11.2. The lowest BCUT2D eigenvalue weighted by Crippen LogP contribution is -2.34. The van der Waals surface area contributed by atoms with E-state index in [-0.39, 0.29) is 5.91 Å². The van der Waals surface area contributed by atoms with Gasteiger partial charge in [0.1, 0.15) is 11.4 Å². The van der Waals surface area contributed by atoms with Crippen molar-refractivity contribution in [2.75, 3.05) is 40.8 Å². The number of likely N-dealkylation sites (N-methyl/N-ethyl adjacent to an activating group) is 1. The molecule has 0 saturated heterocycles. The van der Waals surface area contributed by atoms with E-state index in [1.165, 1.54) is 0 Å². The highest BCUT2D eigenvalue weighted by molar-refractivity contribution is 5.96. The molecule has 0 aliphatic carbocycles. The van der Waals surface area contributed by atoms with E-state index < -0.39 is 0 Å². The van der Waals surface area contributed by atoms with Crippen molar-refractivity contribution in [1.82, 2.24) is 19.4 Å². The third-order valence-corrected chi connectivity index (χ3v) is 6.28. The summed E-state index contributed by atoms with van der Waals surface area (Å²) in [6.07, 6.45) is 8.15. The lowest BCUT2D eigenvalue weighted by Gasteiger charge is -2.24. The van der Waals surface area contributed by atoms with Crippen molar-refractivity contribution in [1.29, 1.82) is 0 Å². The fraction of sp³-hybridized carbons (Fsp3) is 0.467. The molecular weight excluding hydrogens is 448 g/mol. The molecule has 0 atom stereocenters. The van der Waals surface area contributed by atoms with Gasteiger partial charge in [-0.1, -0.05) is 39.8 Å². The minimum Gasteiger partial charge on any atom is -0.497 e. The molecule has 6 heteroatoms. The number of amides is 1. The Morgan fingerprint density at radius 3 is 2.22 bits per heavy atom. The van der Waals surface area contributed by atoms with Crippen LogP contribution in [0.4, 0.5) is 0 Å². The Balaban J connectivity index is 2.03. The molecule has 0 unspecified atom stereocenters. The van der Waals surface area contributed by atoms with Gasteiger partial charge in [-0.05, 0) is 75.2 Å². The predicted molar refractivity (Wildman–Crippen MR) is 150 cm³/mol. The summed E-state index contributed by atoms with van der Waals surface area (Å²) < 4.78 is 7.20. The molecule has 1 amide bonds. The van der Waals surface area contributed by atoms with Crippen molar-refractivity contribution in [3.05, 3.63) is 59.8 Å². The summed E-state index contributed by atoms with van der Waals surface area (Å²) >= 11 is 0. The first-order chi connectivity index (χ1) is 17.2. The van der Waals surface area contributed by atoms with E-state index in [1.807, 2.05) is 66.1 Å². The fourth-order valence-electron chi connectivity index (χ4n) is 4.03. The topological polar surface area (TPSA) is 50.1 Å². The van der Waals surface area contributed by atoms with Crippen LogP contribution in [0, 0.1) is 11.8 Å². The molecule has 3 aromatic rings. The maximum atomic E-state index is 13.6. The number of aromatic nitrogens is 2. The summed E-state index contributed by atoms with van der Waals surface area (Å²) in [5, 5.41) is 4.89. The van der Waals surface area contributed by atoms with Gasteiger partial charge < -0.3 is 14.5 Å². The van der Waals surface area contributed by atoms with Gasteiger partial charge in [0, 0.05) is 42.5 Å². The van der Waals surface area contributed by atoms with E-state index >= 15 is 0 Å². The summed E-state index contributed by atoms with van der Waals surface area (Å²) in [4.78, 5) is 17.8. The van der Waals surface area contributed by atoms with Gasteiger partial charge in [-0.2, -0.15) is 5.10 Å². The van der Waals surface area contributed by atoms with Crippen LogP contribution in [-0.2, 0) is 0 Å². The van der Waals surface area contributed by atoms with Crippen LogP contribution in [0.2, 0.25) is 0 Å². The fourth-order valence-corrected chi connectivity index (χ4v) is 4.03. The van der Waals surface area contributed by atoms with Crippen LogP contribution in [0.5, 0.6) is 5.75 Å². The largest absolute Gasteiger partial charge is 0.497 e. The molecule has 0 saturated carbocycles. The van der Waals surface area contributed by atoms with Crippen molar-refractivity contribution < 1.29 is 9.53 Å². The third-order valence-electron chi connectivity index (χ3n) is 6.28. The van der Waals surface area contributed by atoms with E-state index in [1.54, 1.807) is 7.11 Å². The highest BCUT2D eigenvalue weighted by Crippen LogP contribution is 2.29. The van der Waals surface area contributed by atoms with Gasteiger partial charge in [0.15, 0.2) is 0 Å². The van der Waals surface area contributed by atoms with Gasteiger partial charge in [0.2, 0.25) is 0 Å². The number of ether oxygens (including phenoxy) is 1. The molecule has 0 spiro atoms. The monoisotopic (exact) mass is 490 g/mol. The Morgan fingerprint density at radius 2 is 1.67 bits per heavy atom. The lowest BCUT2D eigenvalue weighted by molar-refractivity contribution is 0.0741. The molecule has 0 aliphatic rings. The zero-order valence-electron chi connectivity index (χ0n) is 23.0. The second-order valence-electron chi connectivity index (χ2n) is 10.6. The third kappa shape index (κ3) is 7.20. The number of rotatable bonds is 12. The molecule has 0 bridgehead atoms. The second-order valence-corrected chi connectivity index (χ2v) is 10.6. The number of carbonyl (C=O) groups excluding carboxylic acids is 1. The molecular formula is C30H42N4O2. The van der Waals surface area contributed by atoms with Gasteiger partial charge in [-0.15, -0.1) is 0 Å². The van der Waals surface area contributed by atoms with Crippen molar-refractivity contribution in [2.24, 2.45) is 11.8 Å². The molecule has 0 aliphatic heterocycles. The molecule has 2 aromatic heterocycles. The van der Waals surface area contributed by atoms with E-state index in [4.69, 9.17) is 9.84 Å². The lowest BCUT2D eigenvalue weighted by atomic mass is 10.0. The summed E-state index contributed by atoms with van der Waals surface area (Å²) in [6, 6.07) is 11.8. The number of pyridine rings is 1. The number of benzene rings is 1. The molecule has 6 nitrogen and oxygen atoms in total. The van der Waals surface area contributed by atoms with Crippen molar-refractivity contribution in [3.63, 3.8) is 0 Å². The number of carbonyl (C=O) groups is 1. The van der Waals surface area contributed by atoms with E-state index in [0.717, 1.165) is 60.6 Å². The molecule has 2 heterocycles. The highest BCUT2D eigenvalue weighted by Gasteiger charge is 2.19. The van der Waals surface area contributed by atoms with Gasteiger partial charge in [-0.3, -0.25) is 4.79 Å². The first-order valence-corrected chi connectivity index (χ1v) is 13.0. The van der Waals surface area contributed by atoms with Gasteiger partial charge in [-0.25, -0.2) is 4.52 Å². The molecule has 0 fully saturated rings. The number of methoxy groups -OCH3 is 1. The smallest absolute Gasteiger partial charge is 0.253 e. The van der Waals surface area contributed by atoms with Crippen molar-refractivity contribution >= 4 is 17.5 Å². The molecule has 1 aromatic carbocycles.